The lowest BCUT2D eigenvalue weighted by Gasteiger charge is -2.23. The SMILES string of the molecule is CC(C)CCC(C)Nc1ccc(NC(C)CCC(C)C)cc1.CCC(C)CC(CC)Nc1ccc(NC(CC)CC(C)CC)cc1.CCCCCCC(C)Nc1ccc(NC(C)CCCCCC)cc1.CCCCCCC(C)Nc1ccc(NC(C)CCCCCC)cc1. The molecule has 8 N–H and O–H groups in total. The highest BCUT2D eigenvalue weighted by Crippen LogP contribution is 2.25. The van der Waals surface area contributed by atoms with Crippen molar-refractivity contribution in [2.24, 2.45) is 23.7 Å². The molecule has 0 bridgehead atoms. The van der Waals surface area contributed by atoms with Gasteiger partial charge in [-0.25, -0.2) is 0 Å². The van der Waals surface area contributed by atoms with Crippen molar-refractivity contribution in [3.05, 3.63) is 97.1 Å². The van der Waals surface area contributed by atoms with E-state index in [2.05, 4.69) is 278 Å². The Kier molecular flexibility index (Phi) is 52.3. The Morgan fingerprint density at radius 2 is 0.404 bits per heavy atom. The average molecular weight is 1300 g/mol. The van der Waals surface area contributed by atoms with Crippen LogP contribution in [-0.2, 0) is 0 Å². The van der Waals surface area contributed by atoms with Crippen LogP contribution in [0.4, 0.5) is 45.5 Å². The van der Waals surface area contributed by atoms with Gasteiger partial charge in [-0.1, -0.05) is 213 Å². The number of rotatable bonds is 50. The second-order valence-electron chi connectivity index (χ2n) is 29.9. The van der Waals surface area contributed by atoms with E-state index in [1.54, 1.807) is 0 Å². The molecule has 4 aromatic carbocycles. The largest absolute Gasteiger partial charge is 0.383 e. The molecule has 0 aliphatic carbocycles. The molecule has 10 unspecified atom stereocenters. The van der Waals surface area contributed by atoms with Gasteiger partial charge >= 0.3 is 0 Å². The van der Waals surface area contributed by atoms with Crippen LogP contribution >= 0.6 is 0 Å². The van der Waals surface area contributed by atoms with E-state index in [1.807, 2.05) is 0 Å². The van der Waals surface area contributed by atoms with Crippen LogP contribution in [0.25, 0.3) is 0 Å². The van der Waals surface area contributed by atoms with Crippen LogP contribution in [0, 0.1) is 23.7 Å². The quantitative estimate of drug-likeness (QED) is 0.0207. The van der Waals surface area contributed by atoms with E-state index in [-0.39, 0.29) is 0 Å². The van der Waals surface area contributed by atoms with Crippen LogP contribution in [0.2, 0.25) is 0 Å². The topological polar surface area (TPSA) is 96.2 Å². The molecule has 0 heterocycles. The van der Waals surface area contributed by atoms with Crippen molar-refractivity contribution < 1.29 is 0 Å². The smallest absolute Gasteiger partial charge is 0.0343 e. The Hall–Kier alpha value is -4.72. The second-order valence-corrected chi connectivity index (χ2v) is 29.9. The zero-order chi connectivity index (χ0) is 69.7. The van der Waals surface area contributed by atoms with E-state index in [0.29, 0.717) is 48.3 Å². The molecular weight excluding hydrogens is 1150 g/mol. The van der Waals surface area contributed by atoms with Crippen LogP contribution < -0.4 is 42.5 Å². The van der Waals surface area contributed by atoms with Gasteiger partial charge in [0.25, 0.3) is 0 Å². The molecule has 0 aromatic heterocycles. The minimum absolute atomic E-state index is 0.533. The minimum Gasteiger partial charge on any atom is -0.383 e. The first-order valence-corrected chi connectivity index (χ1v) is 39.7. The van der Waals surface area contributed by atoms with Crippen LogP contribution in [0.15, 0.2) is 97.1 Å². The maximum Gasteiger partial charge on any atom is 0.0343 e. The molecule has 10 atom stereocenters. The van der Waals surface area contributed by atoms with Gasteiger partial charge in [-0.2, -0.15) is 0 Å². The lowest BCUT2D eigenvalue weighted by Crippen LogP contribution is -2.22. The van der Waals surface area contributed by atoms with Gasteiger partial charge in [-0.3, -0.25) is 0 Å². The van der Waals surface area contributed by atoms with Crippen molar-refractivity contribution in [3.63, 3.8) is 0 Å². The van der Waals surface area contributed by atoms with Gasteiger partial charge in [0.2, 0.25) is 0 Å². The number of unbranched alkanes of at least 4 members (excludes halogenated alkanes) is 12. The van der Waals surface area contributed by atoms with Gasteiger partial charge in [0.05, 0.1) is 0 Å². The molecule has 540 valence electrons. The molecule has 94 heavy (non-hydrogen) atoms. The Morgan fingerprint density at radius 1 is 0.213 bits per heavy atom. The fourth-order valence-electron chi connectivity index (χ4n) is 11.9. The summed E-state index contributed by atoms with van der Waals surface area (Å²) in [5, 5.41) is 29.1. The number of benzene rings is 4. The first-order valence-electron chi connectivity index (χ1n) is 39.7. The molecule has 4 aromatic rings. The molecule has 0 radical (unpaired) electrons. The Labute approximate surface area is 585 Å². The third kappa shape index (κ3) is 47.2. The van der Waals surface area contributed by atoms with E-state index in [4.69, 9.17) is 0 Å². The zero-order valence-corrected chi connectivity index (χ0v) is 65.4. The lowest BCUT2D eigenvalue weighted by atomic mass is 9.97. The van der Waals surface area contributed by atoms with E-state index in [0.717, 1.165) is 23.7 Å². The maximum atomic E-state index is 3.70. The molecule has 0 fully saturated rings. The summed E-state index contributed by atoms with van der Waals surface area (Å²) in [6.45, 7) is 45.7. The summed E-state index contributed by atoms with van der Waals surface area (Å²) in [6, 6.07) is 39.7. The van der Waals surface area contributed by atoms with Gasteiger partial charge in [0.15, 0.2) is 0 Å². The van der Waals surface area contributed by atoms with Crippen molar-refractivity contribution in [2.75, 3.05) is 42.5 Å². The van der Waals surface area contributed by atoms with E-state index < -0.39 is 0 Å². The van der Waals surface area contributed by atoms with Crippen molar-refractivity contribution in [3.8, 4) is 0 Å². The summed E-state index contributed by atoms with van der Waals surface area (Å²) >= 11 is 0. The first-order chi connectivity index (χ1) is 45.2. The third-order valence-corrected chi connectivity index (χ3v) is 18.8. The standard InChI is InChI=1S/3C22H40N2.C20H36N2/c1-7-17(5)15-19(9-3)23-21-11-13-22(14-12-21)24-20(10-4)16-18(6)8-2;2*1-5-7-9-11-13-19(3)23-21-15-17-22(18-16-21)24-20(4)14-12-10-8-6-2;1-15(2)7-9-17(5)21-19-11-13-20(14-12-19)22-18(6)10-8-16(3)4/h11-14,17-20,23-24H,7-10,15-16H2,1-6H3;2*15-20,23-24H,5-14H2,1-4H3;11-18,21-22H,7-10H2,1-6H3. The highest BCUT2D eigenvalue weighted by molar-refractivity contribution is 5.57. The van der Waals surface area contributed by atoms with Crippen molar-refractivity contribution in [2.45, 2.75) is 379 Å². The third-order valence-electron chi connectivity index (χ3n) is 18.8. The van der Waals surface area contributed by atoms with Crippen LogP contribution in [0.1, 0.15) is 331 Å². The van der Waals surface area contributed by atoms with Gasteiger partial charge in [-0.15, -0.1) is 0 Å². The zero-order valence-electron chi connectivity index (χ0n) is 65.4. The highest BCUT2D eigenvalue weighted by atomic mass is 15.0. The highest BCUT2D eigenvalue weighted by Gasteiger charge is 2.14. The fourth-order valence-corrected chi connectivity index (χ4v) is 11.9. The molecule has 0 aliphatic rings. The Morgan fingerprint density at radius 3 is 0.574 bits per heavy atom. The van der Waals surface area contributed by atoms with Crippen molar-refractivity contribution in [1.82, 2.24) is 0 Å². The predicted molar refractivity (Wildman–Crippen MR) is 431 cm³/mol. The van der Waals surface area contributed by atoms with E-state index in [1.165, 1.54) is 238 Å². The van der Waals surface area contributed by atoms with Gasteiger partial charge in [0.1, 0.15) is 0 Å². The lowest BCUT2D eigenvalue weighted by molar-refractivity contribution is 0.461. The van der Waals surface area contributed by atoms with Gasteiger partial charge in [-0.05, 0) is 239 Å². The van der Waals surface area contributed by atoms with Crippen molar-refractivity contribution >= 4 is 45.5 Å². The Bertz CT molecular complexity index is 2030. The summed E-state index contributed by atoms with van der Waals surface area (Å²) in [5.74, 6) is 3.13. The number of nitrogens with one attached hydrogen (secondary N) is 8. The normalized spacial score (nSPS) is 14.4. The molecule has 8 heteroatoms. The van der Waals surface area contributed by atoms with Crippen molar-refractivity contribution in [1.29, 1.82) is 0 Å². The molecule has 0 saturated carbocycles. The van der Waals surface area contributed by atoms with E-state index in [9.17, 15) is 0 Å². The number of hydrogen-bond acceptors (Lipinski definition) is 8. The molecular formula is C86H156N8. The predicted octanol–water partition coefficient (Wildman–Crippen LogP) is 27.6. The summed E-state index contributed by atoms with van der Waals surface area (Å²) in [4.78, 5) is 0. The molecule has 0 spiro atoms. The molecule has 4 rings (SSSR count). The van der Waals surface area contributed by atoms with Crippen LogP contribution in [0.5, 0.6) is 0 Å². The number of hydrogen-bond donors (Lipinski definition) is 8. The maximum absolute atomic E-state index is 3.70. The summed E-state index contributed by atoms with van der Waals surface area (Å²) < 4.78 is 0. The first kappa shape index (κ1) is 87.3. The monoisotopic (exact) mass is 1300 g/mol. The average Bonchev–Trinajstić information content (AvgIpc) is 2.05. The molecule has 0 saturated heterocycles. The minimum atomic E-state index is 0.533. The fraction of sp³-hybridized carbons (Fsp3) is 0.721. The number of anilines is 8. The molecule has 0 amide bonds. The van der Waals surface area contributed by atoms with Gasteiger partial charge < -0.3 is 42.5 Å². The summed E-state index contributed by atoms with van der Waals surface area (Å²) in [5.41, 5.74) is 9.86. The molecule has 8 nitrogen and oxygen atoms in total. The van der Waals surface area contributed by atoms with Crippen LogP contribution in [-0.4, -0.2) is 48.3 Å². The second kappa shape index (κ2) is 56.3. The van der Waals surface area contributed by atoms with E-state index >= 15 is 0 Å². The summed E-state index contributed by atoms with van der Waals surface area (Å²) in [6.07, 6.45) is 38.9. The van der Waals surface area contributed by atoms with Gasteiger partial charge in [0, 0.05) is 93.8 Å². The van der Waals surface area contributed by atoms with Crippen LogP contribution in [0.3, 0.4) is 0 Å². The Balaban J connectivity index is 0.000000627. The molecule has 0 aliphatic heterocycles. The summed E-state index contributed by atoms with van der Waals surface area (Å²) in [7, 11) is 0.